The lowest BCUT2D eigenvalue weighted by Crippen LogP contribution is -2.21. The number of hydrogen-bond donors (Lipinski definition) is 0. The molecule has 0 spiro atoms. The van der Waals surface area contributed by atoms with Gasteiger partial charge in [-0.15, -0.1) is 0 Å². The van der Waals surface area contributed by atoms with Gasteiger partial charge in [-0.05, 0) is 126 Å². The van der Waals surface area contributed by atoms with Gasteiger partial charge in [0.2, 0.25) is 0 Å². The molecule has 0 N–H and O–H groups in total. The highest BCUT2D eigenvalue weighted by atomic mass is 15.2. The maximum atomic E-state index is 2.60. The first-order valence-electron chi connectivity index (χ1n) is 24.4. The van der Waals surface area contributed by atoms with Crippen LogP contribution in [0.4, 0.5) is 34.1 Å². The molecule has 0 radical (unpaired) electrons. The average Bonchev–Trinajstić information content (AvgIpc) is 3.77. The van der Waals surface area contributed by atoms with Crippen LogP contribution in [-0.4, -0.2) is 0 Å². The first-order chi connectivity index (χ1) is 33.7. The lowest BCUT2D eigenvalue weighted by Gasteiger charge is -2.35. The molecule has 0 fully saturated rings. The van der Waals surface area contributed by atoms with E-state index in [1.807, 2.05) is 0 Å². The zero-order valence-corrected chi connectivity index (χ0v) is 39.6. The van der Waals surface area contributed by atoms with Gasteiger partial charge in [0.25, 0.3) is 0 Å². The third kappa shape index (κ3) is 5.49. The molecule has 0 saturated heterocycles. The van der Waals surface area contributed by atoms with E-state index in [1.54, 1.807) is 0 Å². The number of rotatable bonds is 6. The van der Waals surface area contributed by atoms with E-state index in [2.05, 4.69) is 257 Å². The molecule has 14 rings (SSSR count). The van der Waals surface area contributed by atoms with Crippen LogP contribution in [0.25, 0.3) is 76.1 Å². The van der Waals surface area contributed by atoms with Crippen molar-refractivity contribution in [2.75, 3.05) is 9.80 Å². The van der Waals surface area contributed by atoms with Crippen LogP contribution in [0, 0.1) is 6.92 Å². The van der Waals surface area contributed by atoms with E-state index in [0.29, 0.717) is 0 Å². The predicted octanol–water partition coefficient (Wildman–Crippen LogP) is 18.8. The Hall–Kier alpha value is -8.20. The Morgan fingerprint density at radius 3 is 1.29 bits per heavy atom. The number of aryl methyl sites for hydroxylation is 1. The summed E-state index contributed by atoms with van der Waals surface area (Å²) < 4.78 is 0. The number of anilines is 6. The number of fused-ring (bicyclic) bond motifs is 8. The van der Waals surface area contributed by atoms with Gasteiger partial charge in [0.05, 0.1) is 34.1 Å². The maximum Gasteiger partial charge on any atom is 0.0543 e. The van der Waals surface area contributed by atoms with Crippen LogP contribution in [0.1, 0.15) is 55.5 Å². The van der Waals surface area contributed by atoms with Crippen molar-refractivity contribution < 1.29 is 0 Å². The molecule has 0 bridgehead atoms. The topological polar surface area (TPSA) is 6.48 Å². The molecule has 0 atom stereocenters. The first-order valence-corrected chi connectivity index (χ1v) is 24.4. The highest BCUT2D eigenvalue weighted by Crippen LogP contribution is 2.58. The van der Waals surface area contributed by atoms with Gasteiger partial charge in [-0.2, -0.15) is 0 Å². The van der Waals surface area contributed by atoms with Crippen LogP contribution < -0.4 is 9.80 Å². The summed E-state index contributed by atoms with van der Waals surface area (Å²) in [7, 11) is 0. The van der Waals surface area contributed by atoms with E-state index in [4.69, 9.17) is 0 Å². The van der Waals surface area contributed by atoms with E-state index in [9.17, 15) is 0 Å². The zero-order chi connectivity index (χ0) is 46.3. The second-order valence-electron chi connectivity index (χ2n) is 20.5. The molecular formula is C67H50N2. The van der Waals surface area contributed by atoms with Gasteiger partial charge in [0.15, 0.2) is 0 Å². The summed E-state index contributed by atoms with van der Waals surface area (Å²) in [6.07, 6.45) is 0. The standard InChI is InChI=1S/C67H50N2/c1-41-40-61(69(57-31-15-21-43-19-7-9-23-47(43)57)60-33-17-27-51-49-25-11-13-29-55(49)67(4,5)65(51)60)53-36-34-44-35-39-58(52-38-37-45(41)63(53)62(44)52)68(56-30-14-20-42-18-6-8-22-46(42)56)59-32-16-26-50-48-24-10-12-28-54(48)66(2,3)64(50)59/h6-40H,1-5H3. The Morgan fingerprint density at radius 1 is 0.290 bits per heavy atom. The van der Waals surface area contributed by atoms with E-state index >= 15 is 0 Å². The Labute approximate surface area is 403 Å². The SMILES string of the molecule is Cc1cc(N(c2cccc3c2C(C)(C)c2ccccc2-3)c2cccc3ccccc23)c2ccc3ccc(N(c4cccc5c4C(C)(C)c4ccccc4-5)c4cccc5ccccc45)c4ccc1c2c34. The summed E-state index contributed by atoms with van der Waals surface area (Å²) in [5.41, 5.74) is 18.6. The van der Waals surface area contributed by atoms with Crippen LogP contribution in [0.3, 0.4) is 0 Å². The Morgan fingerprint density at radius 2 is 0.696 bits per heavy atom. The molecule has 0 saturated carbocycles. The van der Waals surface area contributed by atoms with Crippen LogP contribution in [0.5, 0.6) is 0 Å². The largest absolute Gasteiger partial charge is 0.309 e. The van der Waals surface area contributed by atoms with Gasteiger partial charge in [0, 0.05) is 32.4 Å². The Kier molecular flexibility index (Phi) is 8.33. The molecule has 0 unspecified atom stereocenters. The molecular weight excluding hydrogens is 833 g/mol. The highest BCUT2D eigenvalue weighted by molar-refractivity contribution is 6.29. The minimum atomic E-state index is -0.224. The van der Waals surface area contributed by atoms with E-state index in [-0.39, 0.29) is 10.8 Å². The Balaban J connectivity index is 1.08. The predicted molar refractivity (Wildman–Crippen MR) is 294 cm³/mol. The number of benzene rings is 12. The fourth-order valence-electron chi connectivity index (χ4n) is 13.0. The summed E-state index contributed by atoms with van der Waals surface area (Å²) in [6, 6.07) is 79.9. The molecule has 0 aromatic heterocycles. The lowest BCUT2D eigenvalue weighted by atomic mass is 9.81. The second kappa shape index (κ2) is 14.4. The van der Waals surface area contributed by atoms with Gasteiger partial charge in [0.1, 0.15) is 0 Å². The first kappa shape index (κ1) is 39.9. The summed E-state index contributed by atoms with van der Waals surface area (Å²) in [5.74, 6) is 0. The number of hydrogen-bond acceptors (Lipinski definition) is 2. The van der Waals surface area contributed by atoms with E-state index in [0.717, 1.165) is 0 Å². The zero-order valence-electron chi connectivity index (χ0n) is 39.6. The lowest BCUT2D eigenvalue weighted by molar-refractivity contribution is 0.660. The van der Waals surface area contributed by atoms with Gasteiger partial charge in [-0.25, -0.2) is 0 Å². The molecule has 2 aliphatic rings. The van der Waals surface area contributed by atoms with Crippen LogP contribution in [0.2, 0.25) is 0 Å². The fraction of sp³-hybridized carbons (Fsp3) is 0.104. The average molecular weight is 883 g/mol. The summed E-state index contributed by atoms with van der Waals surface area (Å²) in [6.45, 7) is 11.9. The van der Waals surface area contributed by atoms with Crippen molar-refractivity contribution in [1.29, 1.82) is 0 Å². The third-order valence-corrected chi connectivity index (χ3v) is 16.0. The van der Waals surface area contributed by atoms with Crippen LogP contribution in [-0.2, 0) is 10.8 Å². The molecule has 12 aromatic rings. The normalized spacial score (nSPS) is 14.1. The summed E-state index contributed by atoms with van der Waals surface area (Å²) in [5, 5.41) is 12.5. The summed E-state index contributed by atoms with van der Waals surface area (Å²) >= 11 is 0. The highest BCUT2D eigenvalue weighted by Gasteiger charge is 2.41. The quantitative estimate of drug-likeness (QED) is 0.154. The molecule has 2 heteroatoms. The van der Waals surface area contributed by atoms with Crippen molar-refractivity contribution in [2.24, 2.45) is 0 Å². The van der Waals surface area contributed by atoms with Crippen LogP contribution in [0.15, 0.2) is 212 Å². The van der Waals surface area contributed by atoms with Crippen molar-refractivity contribution in [2.45, 2.75) is 45.4 Å². The molecule has 0 amide bonds. The molecule has 2 aliphatic carbocycles. The smallest absolute Gasteiger partial charge is 0.0543 e. The van der Waals surface area contributed by atoms with Gasteiger partial charge >= 0.3 is 0 Å². The molecule has 328 valence electrons. The van der Waals surface area contributed by atoms with Crippen molar-refractivity contribution >= 4 is 88.0 Å². The van der Waals surface area contributed by atoms with E-state index in [1.165, 1.54) is 138 Å². The Bertz CT molecular complexity index is 4100. The minimum absolute atomic E-state index is 0.222. The second-order valence-corrected chi connectivity index (χ2v) is 20.5. The van der Waals surface area contributed by atoms with Crippen molar-refractivity contribution in [3.8, 4) is 22.3 Å². The molecule has 12 aromatic carbocycles. The number of nitrogens with zero attached hydrogens (tertiary/aromatic N) is 2. The third-order valence-electron chi connectivity index (χ3n) is 16.0. The van der Waals surface area contributed by atoms with Gasteiger partial charge < -0.3 is 9.80 Å². The van der Waals surface area contributed by atoms with Crippen molar-refractivity contribution in [1.82, 2.24) is 0 Å². The molecule has 69 heavy (non-hydrogen) atoms. The van der Waals surface area contributed by atoms with Crippen LogP contribution >= 0.6 is 0 Å². The minimum Gasteiger partial charge on any atom is -0.309 e. The fourth-order valence-corrected chi connectivity index (χ4v) is 13.0. The summed E-state index contributed by atoms with van der Waals surface area (Å²) in [4.78, 5) is 5.19. The van der Waals surface area contributed by atoms with Gasteiger partial charge in [-0.1, -0.05) is 204 Å². The maximum absolute atomic E-state index is 2.60. The van der Waals surface area contributed by atoms with Crippen molar-refractivity contribution in [3.05, 3.63) is 240 Å². The van der Waals surface area contributed by atoms with Crippen molar-refractivity contribution in [3.63, 3.8) is 0 Å². The monoisotopic (exact) mass is 882 g/mol. The van der Waals surface area contributed by atoms with E-state index < -0.39 is 0 Å². The molecule has 0 aliphatic heterocycles. The molecule has 2 nitrogen and oxygen atoms in total. The molecule has 0 heterocycles. The van der Waals surface area contributed by atoms with Gasteiger partial charge in [-0.3, -0.25) is 0 Å².